The molecular formula is C22H41N3O4S. The van der Waals surface area contributed by atoms with Gasteiger partial charge in [0.1, 0.15) is 5.78 Å². The van der Waals surface area contributed by atoms with Crippen molar-refractivity contribution >= 4 is 23.6 Å². The molecule has 0 aromatic carbocycles. The van der Waals surface area contributed by atoms with Crippen LogP contribution in [0.2, 0.25) is 0 Å². The molecule has 2 rings (SSSR count). The number of hydrogen-bond donors (Lipinski definition) is 3. The number of rotatable bonds is 19. The molecule has 2 saturated heterocycles. The largest absolute Gasteiger partial charge is 0.332 e. The minimum absolute atomic E-state index is 0.00271. The van der Waals surface area contributed by atoms with Crippen molar-refractivity contribution in [3.05, 3.63) is 0 Å². The van der Waals surface area contributed by atoms with Crippen LogP contribution in [-0.4, -0.2) is 61.7 Å². The van der Waals surface area contributed by atoms with E-state index in [1.54, 1.807) is 0 Å². The van der Waals surface area contributed by atoms with E-state index in [9.17, 15) is 9.59 Å². The molecule has 0 bridgehead atoms. The van der Waals surface area contributed by atoms with E-state index in [4.69, 9.17) is 4.89 Å². The van der Waals surface area contributed by atoms with Gasteiger partial charge < -0.3 is 16.0 Å². The van der Waals surface area contributed by atoms with Crippen LogP contribution in [0.3, 0.4) is 0 Å². The van der Waals surface area contributed by atoms with E-state index < -0.39 is 0 Å². The molecule has 3 atom stereocenters. The van der Waals surface area contributed by atoms with Gasteiger partial charge in [-0.05, 0) is 51.6 Å². The number of fused-ring (bicyclic) bond motifs is 1. The van der Waals surface area contributed by atoms with Gasteiger partial charge in [0, 0.05) is 23.8 Å². The fraction of sp³-hybridized carbons (Fsp3) is 0.909. The maximum atomic E-state index is 11.9. The molecule has 30 heavy (non-hydrogen) atoms. The first-order chi connectivity index (χ1) is 14.7. The van der Waals surface area contributed by atoms with E-state index in [0.29, 0.717) is 29.7 Å². The van der Waals surface area contributed by atoms with Crippen LogP contribution in [-0.2, 0) is 14.6 Å². The van der Waals surface area contributed by atoms with Crippen molar-refractivity contribution in [3.8, 4) is 0 Å². The monoisotopic (exact) mass is 443 g/mol. The summed E-state index contributed by atoms with van der Waals surface area (Å²) in [5.74, 6) is 1.45. The maximum Gasteiger partial charge on any atom is 0.315 e. The first-order valence-electron chi connectivity index (χ1n) is 11.8. The van der Waals surface area contributed by atoms with Crippen molar-refractivity contribution in [1.82, 2.24) is 16.0 Å². The molecule has 2 aliphatic heterocycles. The number of hydrogen-bond acceptors (Lipinski definition) is 6. The van der Waals surface area contributed by atoms with Crippen molar-refractivity contribution < 1.29 is 19.4 Å². The zero-order chi connectivity index (χ0) is 21.4. The van der Waals surface area contributed by atoms with E-state index >= 15 is 0 Å². The average molecular weight is 444 g/mol. The zero-order valence-corrected chi connectivity index (χ0v) is 19.4. The van der Waals surface area contributed by atoms with E-state index in [1.807, 2.05) is 11.8 Å². The number of nitrogens with one attached hydrogen (secondary N) is 3. The number of carbonyl (C=O) groups is 2. The second-order valence-corrected chi connectivity index (χ2v) is 9.64. The Morgan fingerprint density at radius 1 is 1.00 bits per heavy atom. The minimum Gasteiger partial charge on any atom is -0.332 e. The van der Waals surface area contributed by atoms with Gasteiger partial charge in [-0.2, -0.15) is 11.8 Å². The first kappa shape index (κ1) is 25.4. The lowest BCUT2D eigenvalue weighted by molar-refractivity contribution is -0.272. The Kier molecular flexibility index (Phi) is 13.5. The fourth-order valence-corrected chi connectivity index (χ4v) is 5.70. The highest BCUT2D eigenvalue weighted by Crippen LogP contribution is 2.32. The number of ketones is 1. The smallest absolute Gasteiger partial charge is 0.315 e. The third-order valence-electron chi connectivity index (χ3n) is 5.89. The number of thioether (sulfide) groups is 1. The molecule has 0 aliphatic carbocycles. The van der Waals surface area contributed by atoms with E-state index in [0.717, 1.165) is 76.6 Å². The van der Waals surface area contributed by atoms with Gasteiger partial charge in [0.2, 0.25) is 0 Å². The summed E-state index contributed by atoms with van der Waals surface area (Å²) in [6.45, 7) is 2.74. The number of carbonyl (C=O) groups excluding carboxylic acids is 2. The molecule has 2 aliphatic rings. The summed E-state index contributed by atoms with van der Waals surface area (Å²) in [7, 11) is 1.53. The van der Waals surface area contributed by atoms with Crippen molar-refractivity contribution in [2.45, 2.75) is 94.4 Å². The Morgan fingerprint density at radius 2 is 1.70 bits per heavy atom. The zero-order valence-electron chi connectivity index (χ0n) is 18.6. The molecule has 7 nitrogen and oxygen atoms in total. The third kappa shape index (κ3) is 10.5. The molecule has 2 heterocycles. The van der Waals surface area contributed by atoms with E-state index in [2.05, 4.69) is 20.8 Å². The van der Waals surface area contributed by atoms with Crippen molar-refractivity contribution in [3.63, 3.8) is 0 Å². The topological polar surface area (TPSA) is 88.7 Å². The molecule has 0 aromatic heterocycles. The number of urea groups is 1. The lowest BCUT2D eigenvalue weighted by Gasteiger charge is -2.16. The lowest BCUT2D eigenvalue weighted by atomic mass is 10.0. The number of unbranched alkanes of at least 4 members (excludes halogenated alkanes) is 6. The van der Waals surface area contributed by atoms with E-state index in [-0.39, 0.29) is 6.03 Å². The van der Waals surface area contributed by atoms with Gasteiger partial charge in [-0.25, -0.2) is 14.6 Å². The fourth-order valence-electron chi connectivity index (χ4n) is 4.16. The standard InChI is InChI=1S/C22H41N3O4S/c1-28-29-16-10-3-2-5-11-18(26)12-6-4-8-14-23-15-9-7-13-20-21-19(17-30-20)24-22(27)25-21/h19-21,23H,2-17H2,1H3,(H2,24,25,27). The van der Waals surface area contributed by atoms with Crippen LogP contribution in [0.25, 0.3) is 0 Å². The number of amides is 2. The molecule has 0 saturated carbocycles. The van der Waals surface area contributed by atoms with Gasteiger partial charge in [0.05, 0.1) is 25.8 Å². The lowest BCUT2D eigenvalue weighted by Crippen LogP contribution is -2.36. The average Bonchev–Trinajstić information content (AvgIpc) is 3.28. The molecule has 8 heteroatoms. The summed E-state index contributed by atoms with van der Waals surface area (Å²) in [5.41, 5.74) is 0. The molecule has 0 aromatic rings. The van der Waals surface area contributed by atoms with Crippen LogP contribution < -0.4 is 16.0 Å². The van der Waals surface area contributed by atoms with Gasteiger partial charge in [-0.15, -0.1) is 0 Å². The molecule has 0 spiro atoms. The van der Waals surface area contributed by atoms with Crippen molar-refractivity contribution in [2.24, 2.45) is 0 Å². The third-order valence-corrected chi connectivity index (χ3v) is 7.40. The predicted octanol–water partition coefficient (Wildman–Crippen LogP) is 3.57. The Labute approximate surface area is 186 Å². The van der Waals surface area contributed by atoms with Gasteiger partial charge in [-0.3, -0.25) is 4.79 Å². The minimum atomic E-state index is 0.00271. The highest BCUT2D eigenvalue weighted by Gasteiger charge is 2.42. The Morgan fingerprint density at radius 3 is 2.47 bits per heavy atom. The number of Topliss-reactive ketones (excluding diaryl/α,β-unsaturated/α-hetero) is 1. The maximum absolute atomic E-state index is 11.9. The van der Waals surface area contributed by atoms with Crippen LogP contribution in [0.4, 0.5) is 4.79 Å². The summed E-state index contributed by atoms with van der Waals surface area (Å²) in [6.07, 6.45) is 12.5. The molecule has 174 valence electrons. The summed E-state index contributed by atoms with van der Waals surface area (Å²) < 4.78 is 0. The Balaban J connectivity index is 1.30. The normalized spacial score (nSPS) is 22.7. The van der Waals surface area contributed by atoms with Crippen LogP contribution in [0, 0.1) is 0 Å². The Bertz CT molecular complexity index is 495. The Hall–Kier alpha value is -0.830. The molecular weight excluding hydrogens is 402 g/mol. The van der Waals surface area contributed by atoms with Crippen LogP contribution >= 0.6 is 11.8 Å². The highest BCUT2D eigenvalue weighted by atomic mass is 32.2. The van der Waals surface area contributed by atoms with Crippen LogP contribution in [0.5, 0.6) is 0 Å². The van der Waals surface area contributed by atoms with Gasteiger partial charge >= 0.3 is 6.03 Å². The molecule has 2 amide bonds. The molecule has 2 fully saturated rings. The summed E-state index contributed by atoms with van der Waals surface area (Å²) in [4.78, 5) is 32.7. The van der Waals surface area contributed by atoms with Gasteiger partial charge in [0.25, 0.3) is 0 Å². The summed E-state index contributed by atoms with van der Waals surface area (Å²) >= 11 is 1.99. The van der Waals surface area contributed by atoms with Crippen molar-refractivity contribution in [1.29, 1.82) is 0 Å². The predicted molar refractivity (Wildman–Crippen MR) is 122 cm³/mol. The second-order valence-electron chi connectivity index (χ2n) is 8.37. The highest BCUT2D eigenvalue weighted by molar-refractivity contribution is 8.00. The van der Waals surface area contributed by atoms with Gasteiger partial charge in [-0.1, -0.05) is 25.7 Å². The van der Waals surface area contributed by atoms with Gasteiger partial charge in [0.15, 0.2) is 0 Å². The second kappa shape index (κ2) is 15.9. The van der Waals surface area contributed by atoms with Crippen LogP contribution in [0.15, 0.2) is 0 Å². The quantitative estimate of drug-likeness (QED) is 0.122. The van der Waals surface area contributed by atoms with Crippen molar-refractivity contribution in [2.75, 3.05) is 32.6 Å². The van der Waals surface area contributed by atoms with E-state index in [1.165, 1.54) is 26.4 Å². The summed E-state index contributed by atoms with van der Waals surface area (Å²) in [5, 5.41) is 10.1. The molecule has 3 N–H and O–H groups in total. The molecule has 0 radical (unpaired) electrons. The molecule has 3 unspecified atom stereocenters. The van der Waals surface area contributed by atoms with Crippen LogP contribution in [0.1, 0.15) is 77.0 Å². The first-order valence-corrected chi connectivity index (χ1v) is 12.8. The SMILES string of the molecule is COOCCCCCCC(=O)CCCCCNCCCCC1SCC2NC(=O)NC21. The summed E-state index contributed by atoms with van der Waals surface area (Å²) in [6, 6.07) is 0.662.